The van der Waals surface area contributed by atoms with Crippen LogP contribution in [-0.2, 0) is 6.54 Å². The maximum atomic E-state index is 4.83. The molecule has 0 bridgehead atoms. The van der Waals surface area contributed by atoms with Gasteiger partial charge in [0.05, 0.1) is 0 Å². The lowest BCUT2D eigenvalue weighted by Crippen LogP contribution is -2.59. The standard InChI is InChI=1S/C15H20N4O/c1-2-7-19(8-3-1)13-10-18(11-13)9-12-5-4-6-14-15(12)17-20-16-14/h4-6,13H,1-3,7-11H2. The predicted octanol–water partition coefficient (Wildman–Crippen LogP) is 1.89. The topological polar surface area (TPSA) is 45.4 Å². The molecule has 2 aliphatic heterocycles. The van der Waals surface area contributed by atoms with Crippen molar-refractivity contribution in [3.05, 3.63) is 23.8 Å². The molecular formula is C15H20N4O. The van der Waals surface area contributed by atoms with Gasteiger partial charge in [0.25, 0.3) is 0 Å². The SMILES string of the molecule is c1cc(CN2CC(N3CCCCC3)C2)c2nonc2c1. The smallest absolute Gasteiger partial charge is 0.139 e. The van der Waals surface area contributed by atoms with Gasteiger partial charge < -0.3 is 0 Å². The number of hydrogen-bond donors (Lipinski definition) is 0. The zero-order valence-corrected chi connectivity index (χ0v) is 11.7. The van der Waals surface area contributed by atoms with Gasteiger partial charge in [-0.3, -0.25) is 9.80 Å². The molecule has 2 aliphatic rings. The Kier molecular flexibility index (Phi) is 3.16. The highest BCUT2D eigenvalue weighted by atomic mass is 16.6. The van der Waals surface area contributed by atoms with Crippen molar-refractivity contribution in [2.24, 2.45) is 0 Å². The van der Waals surface area contributed by atoms with Gasteiger partial charge in [0, 0.05) is 25.7 Å². The summed E-state index contributed by atoms with van der Waals surface area (Å²) in [4.78, 5) is 5.15. The molecule has 4 rings (SSSR count). The lowest BCUT2D eigenvalue weighted by atomic mass is 10.0. The third-order valence-electron chi connectivity index (χ3n) is 4.61. The lowest BCUT2D eigenvalue weighted by Gasteiger charge is -2.46. The van der Waals surface area contributed by atoms with E-state index in [-0.39, 0.29) is 0 Å². The zero-order valence-electron chi connectivity index (χ0n) is 11.7. The van der Waals surface area contributed by atoms with Crippen LogP contribution in [0, 0.1) is 0 Å². The molecule has 3 heterocycles. The average molecular weight is 272 g/mol. The van der Waals surface area contributed by atoms with E-state index in [1.165, 1.54) is 51.0 Å². The van der Waals surface area contributed by atoms with Crippen LogP contribution in [0.15, 0.2) is 22.8 Å². The summed E-state index contributed by atoms with van der Waals surface area (Å²) < 4.78 is 4.83. The summed E-state index contributed by atoms with van der Waals surface area (Å²) in [6, 6.07) is 6.87. The molecule has 1 aromatic heterocycles. The Balaban J connectivity index is 1.38. The number of rotatable bonds is 3. The normalized spacial score (nSPS) is 22.2. The van der Waals surface area contributed by atoms with Crippen LogP contribution in [0.25, 0.3) is 11.0 Å². The van der Waals surface area contributed by atoms with Crippen molar-refractivity contribution in [1.29, 1.82) is 0 Å². The molecule has 20 heavy (non-hydrogen) atoms. The molecular weight excluding hydrogens is 252 g/mol. The molecule has 2 aromatic rings. The first kappa shape index (κ1) is 12.3. The fourth-order valence-corrected chi connectivity index (χ4v) is 3.42. The van der Waals surface area contributed by atoms with Crippen LogP contribution >= 0.6 is 0 Å². The van der Waals surface area contributed by atoms with Crippen LogP contribution in [0.1, 0.15) is 24.8 Å². The van der Waals surface area contributed by atoms with Crippen LogP contribution < -0.4 is 0 Å². The molecule has 0 atom stereocenters. The molecule has 5 nitrogen and oxygen atoms in total. The molecule has 0 spiro atoms. The number of piperidine rings is 1. The van der Waals surface area contributed by atoms with Gasteiger partial charge >= 0.3 is 0 Å². The van der Waals surface area contributed by atoms with Crippen LogP contribution in [0.3, 0.4) is 0 Å². The largest absolute Gasteiger partial charge is 0.298 e. The number of benzene rings is 1. The third-order valence-corrected chi connectivity index (χ3v) is 4.61. The second-order valence-electron chi connectivity index (χ2n) is 5.99. The summed E-state index contributed by atoms with van der Waals surface area (Å²) in [6.45, 7) is 5.90. The summed E-state index contributed by atoms with van der Waals surface area (Å²) in [7, 11) is 0. The van der Waals surface area contributed by atoms with E-state index in [2.05, 4.69) is 26.2 Å². The minimum Gasteiger partial charge on any atom is -0.298 e. The van der Waals surface area contributed by atoms with E-state index in [1.807, 2.05) is 12.1 Å². The first-order valence-corrected chi connectivity index (χ1v) is 7.57. The van der Waals surface area contributed by atoms with Crippen LogP contribution in [0.5, 0.6) is 0 Å². The van der Waals surface area contributed by atoms with Crippen molar-refractivity contribution in [3.8, 4) is 0 Å². The highest BCUT2D eigenvalue weighted by Crippen LogP contribution is 2.23. The third kappa shape index (κ3) is 2.21. The Morgan fingerprint density at radius 1 is 1.10 bits per heavy atom. The van der Waals surface area contributed by atoms with Crippen molar-refractivity contribution >= 4 is 11.0 Å². The van der Waals surface area contributed by atoms with E-state index in [9.17, 15) is 0 Å². The van der Waals surface area contributed by atoms with E-state index in [1.54, 1.807) is 0 Å². The number of likely N-dealkylation sites (tertiary alicyclic amines) is 2. The Morgan fingerprint density at radius 2 is 1.95 bits per heavy atom. The highest BCUT2D eigenvalue weighted by molar-refractivity contribution is 5.76. The van der Waals surface area contributed by atoms with Crippen LogP contribution in [0.2, 0.25) is 0 Å². The van der Waals surface area contributed by atoms with Crippen molar-refractivity contribution < 1.29 is 4.63 Å². The molecule has 106 valence electrons. The van der Waals surface area contributed by atoms with Crippen molar-refractivity contribution in [3.63, 3.8) is 0 Å². The summed E-state index contributed by atoms with van der Waals surface area (Å²) in [5.74, 6) is 0. The van der Waals surface area contributed by atoms with E-state index in [4.69, 9.17) is 4.63 Å². The van der Waals surface area contributed by atoms with Gasteiger partial charge in [0.15, 0.2) is 0 Å². The van der Waals surface area contributed by atoms with Crippen molar-refractivity contribution in [1.82, 2.24) is 20.1 Å². The van der Waals surface area contributed by atoms with E-state index in [0.29, 0.717) is 0 Å². The van der Waals surface area contributed by atoms with E-state index < -0.39 is 0 Å². The highest BCUT2D eigenvalue weighted by Gasteiger charge is 2.32. The van der Waals surface area contributed by atoms with Gasteiger partial charge in [-0.15, -0.1) is 0 Å². The molecule has 0 saturated carbocycles. The second kappa shape index (κ2) is 5.14. The maximum Gasteiger partial charge on any atom is 0.139 e. The molecule has 0 N–H and O–H groups in total. The number of hydrogen-bond acceptors (Lipinski definition) is 5. The number of aromatic nitrogens is 2. The average Bonchev–Trinajstić information content (AvgIpc) is 2.92. The number of nitrogens with zero attached hydrogens (tertiary/aromatic N) is 4. The van der Waals surface area contributed by atoms with Gasteiger partial charge in [-0.1, -0.05) is 18.6 Å². The predicted molar refractivity (Wildman–Crippen MR) is 76.3 cm³/mol. The van der Waals surface area contributed by atoms with Gasteiger partial charge in [0.2, 0.25) is 0 Å². The summed E-state index contributed by atoms with van der Waals surface area (Å²) >= 11 is 0. The lowest BCUT2D eigenvalue weighted by molar-refractivity contribution is 0.0188. The summed E-state index contributed by atoms with van der Waals surface area (Å²) in [6.07, 6.45) is 4.16. The quantitative estimate of drug-likeness (QED) is 0.854. The molecule has 2 fully saturated rings. The molecule has 0 unspecified atom stereocenters. The molecule has 2 saturated heterocycles. The number of fused-ring (bicyclic) bond motifs is 1. The zero-order chi connectivity index (χ0) is 13.4. The van der Waals surface area contributed by atoms with E-state index >= 15 is 0 Å². The van der Waals surface area contributed by atoms with Gasteiger partial charge in [0.1, 0.15) is 11.0 Å². The minimum atomic E-state index is 0.768. The first-order chi connectivity index (χ1) is 9.90. The fourth-order valence-electron chi connectivity index (χ4n) is 3.42. The summed E-state index contributed by atoms with van der Waals surface area (Å²) in [5, 5.41) is 7.92. The Morgan fingerprint density at radius 3 is 2.80 bits per heavy atom. The van der Waals surface area contributed by atoms with Gasteiger partial charge in [-0.05, 0) is 47.9 Å². The monoisotopic (exact) mass is 272 g/mol. The Hall–Kier alpha value is -1.46. The Bertz CT molecular complexity index is 584. The molecule has 1 aromatic carbocycles. The second-order valence-corrected chi connectivity index (χ2v) is 5.99. The fraction of sp³-hybridized carbons (Fsp3) is 0.600. The van der Waals surface area contributed by atoms with Crippen LogP contribution in [-0.4, -0.2) is 52.3 Å². The van der Waals surface area contributed by atoms with Crippen molar-refractivity contribution in [2.45, 2.75) is 31.8 Å². The minimum absolute atomic E-state index is 0.768. The molecule has 5 heteroatoms. The van der Waals surface area contributed by atoms with Gasteiger partial charge in [-0.25, -0.2) is 4.63 Å². The first-order valence-electron chi connectivity index (χ1n) is 7.57. The molecule has 0 amide bonds. The molecule has 0 aliphatic carbocycles. The van der Waals surface area contributed by atoms with Crippen LogP contribution in [0.4, 0.5) is 0 Å². The van der Waals surface area contributed by atoms with Gasteiger partial charge in [-0.2, -0.15) is 0 Å². The van der Waals surface area contributed by atoms with Crippen molar-refractivity contribution in [2.75, 3.05) is 26.2 Å². The summed E-state index contributed by atoms with van der Waals surface area (Å²) in [5.41, 5.74) is 2.99. The molecule has 0 radical (unpaired) electrons. The maximum absolute atomic E-state index is 4.83. The van der Waals surface area contributed by atoms with E-state index in [0.717, 1.165) is 23.6 Å². The Labute approximate surface area is 118 Å².